The molecule has 0 saturated carbocycles. The number of carbonyl (C=O) groups excluding carboxylic acids is 1. The summed E-state index contributed by atoms with van der Waals surface area (Å²) in [7, 11) is 0. The zero-order valence-electron chi connectivity index (χ0n) is 7.03. The van der Waals surface area contributed by atoms with Crippen molar-refractivity contribution in [3.05, 3.63) is 41.5 Å². The highest BCUT2D eigenvalue weighted by atomic mass is 79.9. The Bertz CT molecular complexity index is 370. The molecule has 0 amide bonds. The average Bonchev–Trinajstić information content (AvgIpc) is 2.19. The third-order valence-corrected chi connectivity index (χ3v) is 3.25. The van der Waals surface area contributed by atoms with Crippen LogP contribution in [0.5, 0.6) is 0 Å². The highest BCUT2D eigenvalue weighted by Crippen LogP contribution is 2.38. The van der Waals surface area contributed by atoms with Crippen LogP contribution in [0.15, 0.2) is 30.3 Å². The molecule has 1 atom stereocenters. The van der Waals surface area contributed by atoms with Crippen LogP contribution < -0.4 is 0 Å². The quantitative estimate of drug-likeness (QED) is 0.542. The Morgan fingerprint density at radius 3 is 2.92 bits per heavy atom. The van der Waals surface area contributed by atoms with Gasteiger partial charge in [-0.3, -0.25) is 0 Å². The molecule has 1 aliphatic carbocycles. The Kier molecular flexibility index (Phi) is 2.08. The second-order valence-corrected chi connectivity index (χ2v) is 4.59. The third kappa shape index (κ3) is 1.35. The van der Waals surface area contributed by atoms with Crippen LogP contribution in [-0.2, 0) is 9.12 Å². The highest BCUT2D eigenvalue weighted by Gasteiger charge is 2.30. The summed E-state index contributed by atoms with van der Waals surface area (Å²) in [4.78, 5) is 11.0. The summed E-state index contributed by atoms with van der Waals surface area (Å²) < 4.78 is -0.502. The number of alkyl halides is 1. The maximum Gasteiger partial charge on any atom is 0.141 e. The van der Waals surface area contributed by atoms with Gasteiger partial charge in [0.25, 0.3) is 0 Å². The molecule has 0 heterocycles. The van der Waals surface area contributed by atoms with E-state index in [0.29, 0.717) is 0 Å². The number of rotatable bonds is 1. The van der Waals surface area contributed by atoms with Gasteiger partial charge in [0.1, 0.15) is 10.6 Å². The minimum absolute atomic E-state index is 0.502. The lowest BCUT2D eigenvalue weighted by molar-refractivity contribution is -0.109. The fourth-order valence-electron chi connectivity index (χ4n) is 1.60. The first kappa shape index (κ1) is 8.70. The van der Waals surface area contributed by atoms with Gasteiger partial charge in [0, 0.05) is 0 Å². The van der Waals surface area contributed by atoms with Gasteiger partial charge >= 0.3 is 0 Å². The molecule has 0 N–H and O–H groups in total. The normalized spacial score (nSPS) is 25.3. The molecule has 0 aromatic heterocycles. The fraction of sp³-hybridized carbons (Fsp3) is 0.182. The van der Waals surface area contributed by atoms with E-state index in [2.05, 4.69) is 22.0 Å². The number of fused-ring (bicyclic) bond motifs is 1. The van der Waals surface area contributed by atoms with E-state index in [1.165, 1.54) is 0 Å². The second-order valence-electron chi connectivity index (χ2n) is 3.17. The van der Waals surface area contributed by atoms with Crippen molar-refractivity contribution in [2.45, 2.75) is 10.7 Å². The van der Waals surface area contributed by atoms with E-state index in [1.807, 2.05) is 30.3 Å². The summed E-state index contributed by atoms with van der Waals surface area (Å²) in [6.07, 6.45) is 5.77. The van der Waals surface area contributed by atoms with Crippen molar-refractivity contribution in [2.24, 2.45) is 0 Å². The summed E-state index contributed by atoms with van der Waals surface area (Å²) in [6, 6.07) is 7.94. The number of hydrogen-bond acceptors (Lipinski definition) is 1. The first-order chi connectivity index (χ1) is 6.26. The molecule has 1 aliphatic rings. The Balaban J connectivity index is 2.61. The van der Waals surface area contributed by atoms with Crippen LogP contribution >= 0.6 is 15.9 Å². The second kappa shape index (κ2) is 3.11. The van der Waals surface area contributed by atoms with E-state index >= 15 is 0 Å². The van der Waals surface area contributed by atoms with Crippen LogP contribution in [0.2, 0.25) is 0 Å². The molecule has 66 valence electrons. The molecule has 0 aliphatic heterocycles. The molecular formula is C11H9BrO. The summed E-state index contributed by atoms with van der Waals surface area (Å²) in [5, 5.41) is 0. The molecule has 0 bridgehead atoms. The van der Waals surface area contributed by atoms with Crippen LogP contribution in [0, 0.1) is 0 Å². The van der Waals surface area contributed by atoms with Crippen LogP contribution in [0.3, 0.4) is 0 Å². The maximum absolute atomic E-state index is 11.0. The van der Waals surface area contributed by atoms with Crippen molar-refractivity contribution >= 4 is 28.3 Å². The summed E-state index contributed by atoms with van der Waals surface area (Å²) in [6.45, 7) is 0. The van der Waals surface area contributed by atoms with E-state index < -0.39 is 4.32 Å². The van der Waals surface area contributed by atoms with Gasteiger partial charge in [-0.05, 0) is 17.5 Å². The number of halogens is 1. The molecule has 0 fully saturated rings. The van der Waals surface area contributed by atoms with Crippen LogP contribution in [0.4, 0.5) is 0 Å². The van der Waals surface area contributed by atoms with E-state index in [0.717, 1.165) is 23.8 Å². The Hall–Kier alpha value is -0.890. The monoisotopic (exact) mass is 236 g/mol. The zero-order chi connectivity index (χ0) is 9.31. The molecule has 1 unspecified atom stereocenters. The van der Waals surface area contributed by atoms with Gasteiger partial charge in [0.05, 0.1) is 0 Å². The smallest absolute Gasteiger partial charge is 0.141 e. The van der Waals surface area contributed by atoms with Gasteiger partial charge in [-0.15, -0.1) is 0 Å². The van der Waals surface area contributed by atoms with Gasteiger partial charge in [-0.2, -0.15) is 0 Å². The van der Waals surface area contributed by atoms with Crippen molar-refractivity contribution in [2.75, 3.05) is 0 Å². The van der Waals surface area contributed by atoms with E-state index in [4.69, 9.17) is 0 Å². The van der Waals surface area contributed by atoms with Gasteiger partial charge in [-0.1, -0.05) is 52.3 Å². The molecule has 1 aromatic carbocycles. The van der Waals surface area contributed by atoms with Crippen LogP contribution in [-0.4, -0.2) is 6.29 Å². The lowest BCUT2D eigenvalue weighted by Gasteiger charge is -2.25. The Labute approximate surface area is 85.6 Å². The summed E-state index contributed by atoms with van der Waals surface area (Å²) >= 11 is 3.47. The van der Waals surface area contributed by atoms with E-state index in [1.54, 1.807) is 0 Å². The largest absolute Gasteiger partial charge is 0.301 e. The van der Waals surface area contributed by atoms with Crippen molar-refractivity contribution in [1.29, 1.82) is 0 Å². The SMILES string of the molecule is O=CC1(Br)CC=Cc2ccccc21. The predicted octanol–water partition coefficient (Wildman–Crippen LogP) is 2.89. The third-order valence-electron chi connectivity index (χ3n) is 2.31. The average molecular weight is 237 g/mol. The lowest BCUT2D eigenvalue weighted by Crippen LogP contribution is -2.22. The first-order valence-corrected chi connectivity index (χ1v) is 4.97. The van der Waals surface area contributed by atoms with Gasteiger partial charge in [0.2, 0.25) is 0 Å². The van der Waals surface area contributed by atoms with Crippen molar-refractivity contribution in [3.63, 3.8) is 0 Å². The number of hydrogen-bond donors (Lipinski definition) is 0. The minimum Gasteiger partial charge on any atom is -0.301 e. The molecule has 0 spiro atoms. The number of allylic oxidation sites excluding steroid dienone is 1. The fourth-order valence-corrected chi connectivity index (χ4v) is 2.15. The zero-order valence-corrected chi connectivity index (χ0v) is 8.62. The van der Waals surface area contributed by atoms with Crippen LogP contribution in [0.25, 0.3) is 6.08 Å². The van der Waals surface area contributed by atoms with Gasteiger partial charge in [-0.25, -0.2) is 0 Å². The molecule has 13 heavy (non-hydrogen) atoms. The predicted molar refractivity (Wildman–Crippen MR) is 56.8 cm³/mol. The molecular weight excluding hydrogens is 228 g/mol. The van der Waals surface area contributed by atoms with E-state index in [-0.39, 0.29) is 0 Å². The molecule has 2 heteroatoms. The van der Waals surface area contributed by atoms with Crippen LogP contribution in [0.1, 0.15) is 17.5 Å². The number of benzene rings is 1. The first-order valence-electron chi connectivity index (χ1n) is 4.17. The Morgan fingerprint density at radius 1 is 1.38 bits per heavy atom. The highest BCUT2D eigenvalue weighted by molar-refractivity contribution is 9.10. The Morgan fingerprint density at radius 2 is 2.15 bits per heavy atom. The molecule has 2 rings (SSSR count). The lowest BCUT2D eigenvalue weighted by atomic mass is 9.88. The minimum atomic E-state index is -0.502. The topological polar surface area (TPSA) is 17.1 Å². The number of carbonyl (C=O) groups is 1. The number of aldehydes is 1. The molecule has 0 radical (unpaired) electrons. The standard InChI is InChI=1S/C11H9BrO/c12-11(8-13)7-3-5-9-4-1-2-6-10(9)11/h1-6,8H,7H2. The van der Waals surface area contributed by atoms with E-state index in [9.17, 15) is 4.79 Å². The van der Waals surface area contributed by atoms with Crippen molar-refractivity contribution in [3.8, 4) is 0 Å². The van der Waals surface area contributed by atoms with Crippen molar-refractivity contribution in [1.82, 2.24) is 0 Å². The molecule has 1 nitrogen and oxygen atoms in total. The summed E-state index contributed by atoms with van der Waals surface area (Å²) in [5.74, 6) is 0. The van der Waals surface area contributed by atoms with Crippen molar-refractivity contribution < 1.29 is 4.79 Å². The summed E-state index contributed by atoms with van der Waals surface area (Å²) in [5.41, 5.74) is 2.19. The van der Waals surface area contributed by atoms with Gasteiger partial charge < -0.3 is 4.79 Å². The molecule has 1 aromatic rings. The maximum atomic E-state index is 11.0. The van der Waals surface area contributed by atoms with Gasteiger partial charge in [0.15, 0.2) is 0 Å². The molecule has 0 saturated heterocycles.